The van der Waals surface area contributed by atoms with E-state index in [0.29, 0.717) is 11.3 Å². The summed E-state index contributed by atoms with van der Waals surface area (Å²) < 4.78 is 29.7. The monoisotopic (exact) mass is 468 g/mol. The second-order valence-electron chi connectivity index (χ2n) is 10.1. The summed E-state index contributed by atoms with van der Waals surface area (Å²) in [6.45, 7) is 12.5. The lowest BCUT2D eigenvalue weighted by atomic mass is 9.87. The third kappa shape index (κ3) is 6.30. The van der Waals surface area contributed by atoms with E-state index in [0.717, 1.165) is 11.1 Å². The zero-order chi connectivity index (χ0) is 24.4. The molecule has 0 aliphatic heterocycles. The Bertz CT molecular complexity index is 1210. The van der Waals surface area contributed by atoms with Crippen molar-refractivity contribution in [2.45, 2.75) is 63.9 Å². The maximum absolute atomic E-state index is 12.6. The molecule has 1 amide bonds. The average Bonchev–Trinajstić information content (AvgIpc) is 3.21. The van der Waals surface area contributed by atoms with Crippen LogP contribution in [0.1, 0.15) is 63.0 Å². The minimum absolute atomic E-state index is 0.0448. The molecule has 0 atom stereocenters. The molecule has 0 bridgehead atoms. The van der Waals surface area contributed by atoms with Gasteiger partial charge >= 0.3 is 0 Å². The Labute approximate surface area is 196 Å². The number of sulfonamides is 1. The molecule has 0 saturated heterocycles. The Morgan fingerprint density at radius 3 is 2.06 bits per heavy atom. The topological polar surface area (TPSA) is 93.1 Å². The Morgan fingerprint density at radius 1 is 0.939 bits per heavy atom. The van der Waals surface area contributed by atoms with Gasteiger partial charge in [-0.3, -0.25) is 9.48 Å². The van der Waals surface area contributed by atoms with Crippen molar-refractivity contribution in [2.75, 3.05) is 5.32 Å². The summed E-state index contributed by atoms with van der Waals surface area (Å²) in [4.78, 5) is 12.7. The Balaban J connectivity index is 1.61. The van der Waals surface area contributed by atoms with E-state index in [4.69, 9.17) is 0 Å². The van der Waals surface area contributed by atoms with Gasteiger partial charge in [0.25, 0.3) is 5.91 Å². The van der Waals surface area contributed by atoms with Crippen molar-refractivity contribution in [1.29, 1.82) is 0 Å². The molecular formula is C25H32N4O3S. The molecule has 7 nitrogen and oxygen atoms in total. The molecule has 0 radical (unpaired) electrons. The third-order valence-corrected chi connectivity index (χ3v) is 6.66. The van der Waals surface area contributed by atoms with Gasteiger partial charge < -0.3 is 5.32 Å². The van der Waals surface area contributed by atoms with Crippen molar-refractivity contribution in [3.05, 3.63) is 77.6 Å². The Kier molecular flexibility index (Phi) is 6.81. The van der Waals surface area contributed by atoms with Gasteiger partial charge in [0.05, 0.1) is 22.3 Å². The van der Waals surface area contributed by atoms with Crippen LogP contribution in [0.15, 0.2) is 65.8 Å². The number of nitrogens with zero attached hydrogens (tertiary/aromatic N) is 2. The van der Waals surface area contributed by atoms with E-state index in [1.165, 1.54) is 0 Å². The average molecular weight is 469 g/mol. The number of rotatable bonds is 6. The minimum Gasteiger partial charge on any atom is -0.319 e. The number of hydrogen-bond donors (Lipinski definition) is 2. The lowest BCUT2D eigenvalue weighted by Gasteiger charge is -2.19. The molecule has 1 heterocycles. The number of benzene rings is 2. The summed E-state index contributed by atoms with van der Waals surface area (Å²) in [5.74, 6) is -0.255. The summed E-state index contributed by atoms with van der Waals surface area (Å²) in [6, 6.07) is 13.7. The highest BCUT2D eigenvalue weighted by Gasteiger charge is 2.18. The number of carbonyl (C=O) groups is 1. The molecule has 33 heavy (non-hydrogen) atoms. The van der Waals surface area contributed by atoms with E-state index in [9.17, 15) is 13.2 Å². The molecule has 0 spiro atoms. The molecule has 3 rings (SSSR count). The van der Waals surface area contributed by atoms with Crippen molar-refractivity contribution >= 4 is 21.6 Å². The quantitative estimate of drug-likeness (QED) is 0.550. The van der Waals surface area contributed by atoms with Crippen molar-refractivity contribution in [3.8, 4) is 0 Å². The van der Waals surface area contributed by atoms with Gasteiger partial charge in [0.1, 0.15) is 0 Å². The maximum Gasteiger partial charge on any atom is 0.255 e. The van der Waals surface area contributed by atoms with Crippen LogP contribution in [-0.2, 0) is 27.5 Å². The van der Waals surface area contributed by atoms with Crippen LogP contribution >= 0.6 is 0 Å². The van der Waals surface area contributed by atoms with Gasteiger partial charge in [0, 0.05) is 18.3 Å². The van der Waals surface area contributed by atoms with Gasteiger partial charge in [-0.25, -0.2) is 13.1 Å². The molecule has 0 aliphatic rings. The van der Waals surface area contributed by atoms with E-state index in [1.54, 1.807) is 53.5 Å². The van der Waals surface area contributed by atoms with Crippen molar-refractivity contribution in [3.63, 3.8) is 0 Å². The summed E-state index contributed by atoms with van der Waals surface area (Å²) >= 11 is 0. The second kappa shape index (κ2) is 9.11. The summed E-state index contributed by atoms with van der Waals surface area (Å²) in [5.41, 5.74) is 2.69. The third-order valence-electron chi connectivity index (χ3n) is 5.24. The Morgan fingerprint density at radius 2 is 1.55 bits per heavy atom. The fourth-order valence-electron chi connectivity index (χ4n) is 3.13. The highest BCUT2D eigenvalue weighted by Crippen LogP contribution is 2.23. The fourth-order valence-corrected chi connectivity index (χ4v) is 4.14. The maximum atomic E-state index is 12.6. The van der Waals surface area contributed by atoms with Crippen LogP contribution in [0.4, 0.5) is 5.69 Å². The molecule has 0 aliphatic carbocycles. The predicted molar refractivity (Wildman–Crippen MR) is 131 cm³/mol. The van der Waals surface area contributed by atoms with Gasteiger partial charge in [-0.1, -0.05) is 45.0 Å². The van der Waals surface area contributed by atoms with Crippen LogP contribution in [0.3, 0.4) is 0 Å². The highest BCUT2D eigenvalue weighted by molar-refractivity contribution is 7.89. The number of anilines is 1. The van der Waals surface area contributed by atoms with Gasteiger partial charge in [0.15, 0.2) is 0 Å². The molecule has 1 aromatic heterocycles. The second-order valence-corrected chi connectivity index (χ2v) is 11.9. The van der Waals surface area contributed by atoms with Crippen LogP contribution in [0.5, 0.6) is 0 Å². The molecule has 0 unspecified atom stereocenters. The molecule has 0 fully saturated rings. The van der Waals surface area contributed by atoms with E-state index in [-0.39, 0.29) is 28.3 Å². The lowest BCUT2D eigenvalue weighted by Crippen LogP contribution is -2.23. The number of nitrogens with one attached hydrogen (secondary N) is 2. The van der Waals surface area contributed by atoms with Crippen LogP contribution in [0.2, 0.25) is 0 Å². The molecule has 2 aromatic carbocycles. The first-order valence-electron chi connectivity index (χ1n) is 10.8. The van der Waals surface area contributed by atoms with Gasteiger partial charge in [-0.15, -0.1) is 0 Å². The molecule has 8 heteroatoms. The molecular weight excluding hydrogens is 436 g/mol. The Hall–Kier alpha value is -2.97. The van der Waals surface area contributed by atoms with Crippen LogP contribution in [-0.4, -0.2) is 24.1 Å². The zero-order valence-corrected chi connectivity index (χ0v) is 20.8. The first-order valence-corrected chi connectivity index (χ1v) is 12.3. The smallest absolute Gasteiger partial charge is 0.255 e. The van der Waals surface area contributed by atoms with Crippen molar-refractivity contribution in [1.82, 2.24) is 14.5 Å². The van der Waals surface area contributed by atoms with Crippen molar-refractivity contribution < 1.29 is 13.2 Å². The van der Waals surface area contributed by atoms with Crippen LogP contribution in [0, 0.1) is 0 Å². The van der Waals surface area contributed by atoms with Gasteiger partial charge in [0.2, 0.25) is 10.0 Å². The lowest BCUT2D eigenvalue weighted by molar-refractivity contribution is 0.102. The van der Waals surface area contributed by atoms with Crippen molar-refractivity contribution in [2.24, 2.45) is 0 Å². The minimum atomic E-state index is -3.64. The normalized spacial score (nSPS) is 12.5. The number of hydrogen-bond acceptors (Lipinski definition) is 4. The number of aromatic nitrogens is 2. The molecule has 0 saturated carbocycles. The molecule has 176 valence electrons. The van der Waals surface area contributed by atoms with E-state index >= 15 is 0 Å². The van der Waals surface area contributed by atoms with Gasteiger partial charge in [-0.05, 0) is 61.6 Å². The number of carbonyl (C=O) groups excluding carboxylic acids is 1. The predicted octanol–water partition coefficient (Wildman–Crippen LogP) is 4.67. The zero-order valence-electron chi connectivity index (χ0n) is 20.0. The molecule has 3 aromatic rings. The van der Waals surface area contributed by atoms with E-state index < -0.39 is 10.0 Å². The van der Waals surface area contributed by atoms with Crippen LogP contribution < -0.4 is 10.0 Å². The fraction of sp³-hybridized carbons (Fsp3) is 0.360. The molecule has 2 N–H and O–H groups in total. The first-order chi connectivity index (χ1) is 15.3. The SMILES string of the molecule is CC(C)(C)c1ccc(S(=O)(=O)NCc2ccc(C(=O)Nc3cnn(C(C)(C)C)c3)cc2)cc1. The number of amides is 1. The van der Waals surface area contributed by atoms with E-state index in [1.807, 2.05) is 32.9 Å². The van der Waals surface area contributed by atoms with Gasteiger partial charge in [-0.2, -0.15) is 5.10 Å². The summed E-state index contributed by atoms with van der Waals surface area (Å²) in [5, 5.41) is 7.10. The standard InChI is InChI=1S/C25H32N4O3S/c1-24(2,3)20-11-13-22(14-12-20)33(31,32)27-15-18-7-9-19(10-8-18)23(30)28-21-16-26-29(17-21)25(4,5)6/h7-14,16-17,27H,15H2,1-6H3,(H,28,30). The summed E-state index contributed by atoms with van der Waals surface area (Å²) in [7, 11) is -3.64. The highest BCUT2D eigenvalue weighted by atomic mass is 32.2. The van der Waals surface area contributed by atoms with E-state index in [2.05, 4.69) is 35.9 Å². The van der Waals surface area contributed by atoms with Crippen LogP contribution in [0.25, 0.3) is 0 Å². The largest absolute Gasteiger partial charge is 0.319 e. The summed E-state index contributed by atoms with van der Waals surface area (Å²) in [6.07, 6.45) is 3.40. The first kappa shape index (κ1) is 24.7.